The van der Waals surface area contributed by atoms with Crippen LogP contribution in [-0.2, 0) is 14.0 Å². The van der Waals surface area contributed by atoms with Gasteiger partial charge < -0.3 is 9.16 Å². The number of carbonyl (C=O) groups is 2. The Morgan fingerprint density at radius 1 is 1.07 bits per heavy atom. The van der Waals surface area contributed by atoms with Gasteiger partial charge in [-0.3, -0.25) is 9.69 Å². The van der Waals surface area contributed by atoms with Crippen molar-refractivity contribution >= 4 is 20.2 Å². The summed E-state index contributed by atoms with van der Waals surface area (Å²) < 4.78 is 12.1. The molecule has 1 amide bonds. The molecule has 5 nitrogen and oxygen atoms in total. The molecule has 0 saturated carbocycles. The summed E-state index contributed by atoms with van der Waals surface area (Å²) in [7, 11) is -2.03. The lowest BCUT2D eigenvalue weighted by molar-refractivity contribution is -0.116. The highest BCUT2D eigenvalue weighted by Crippen LogP contribution is 2.37. The predicted octanol–water partition coefficient (Wildman–Crippen LogP) is 6.12. The Kier molecular flexibility index (Phi) is 10.6. The van der Waals surface area contributed by atoms with E-state index in [1.54, 1.807) is 13.0 Å². The minimum atomic E-state index is -2.03. The molecule has 0 N–H and O–H groups in total. The third kappa shape index (κ3) is 9.30. The molecule has 0 radical (unpaired) electrons. The number of hydrogen-bond donors (Lipinski definition) is 0. The van der Waals surface area contributed by atoms with Gasteiger partial charge in [0.05, 0.1) is 19.2 Å². The second kappa shape index (κ2) is 11.1. The molecule has 1 atom stereocenters. The van der Waals surface area contributed by atoms with E-state index >= 15 is 0 Å². The van der Waals surface area contributed by atoms with Crippen LogP contribution in [0.1, 0.15) is 68.7 Å². The first-order valence-electron chi connectivity index (χ1n) is 10.5. The molecule has 0 saturated heterocycles. The van der Waals surface area contributed by atoms with Crippen molar-refractivity contribution in [1.29, 1.82) is 0 Å². The van der Waals surface area contributed by atoms with E-state index in [0.717, 1.165) is 12.0 Å². The van der Waals surface area contributed by atoms with Crippen molar-refractivity contribution < 1.29 is 18.8 Å². The van der Waals surface area contributed by atoms with Crippen LogP contribution in [0.4, 0.5) is 4.79 Å². The topological polar surface area (TPSA) is 55.8 Å². The Bertz CT molecular complexity index is 609. The van der Waals surface area contributed by atoms with Crippen molar-refractivity contribution in [1.82, 2.24) is 4.90 Å². The Labute approximate surface area is 179 Å². The van der Waals surface area contributed by atoms with Gasteiger partial charge in [0.15, 0.2) is 14.1 Å². The summed E-state index contributed by atoms with van der Waals surface area (Å²) in [5.41, 5.74) is 0.411. The summed E-state index contributed by atoms with van der Waals surface area (Å²) in [6, 6.07) is -0.344. The van der Waals surface area contributed by atoms with E-state index in [4.69, 9.17) is 9.16 Å². The van der Waals surface area contributed by atoms with E-state index in [-0.39, 0.29) is 23.4 Å². The first kappa shape index (κ1) is 27.6. The molecule has 0 spiro atoms. The van der Waals surface area contributed by atoms with Crippen molar-refractivity contribution in [2.45, 2.75) is 98.5 Å². The Hall–Kier alpha value is -1.40. The van der Waals surface area contributed by atoms with Gasteiger partial charge in [-0.1, -0.05) is 39.8 Å². The van der Waals surface area contributed by atoms with Gasteiger partial charge in [-0.15, -0.1) is 0 Å². The maximum atomic E-state index is 13.1. The number of ketones is 1. The van der Waals surface area contributed by atoms with Crippen LogP contribution < -0.4 is 0 Å². The first-order chi connectivity index (χ1) is 13.1. The maximum absolute atomic E-state index is 13.1. The van der Waals surface area contributed by atoms with E-state index < -0.39 is 20.0 Å². The summed E-state index contributed by atoms with van der Waals surface area (Å²) in [6.45, 7) is 22.5. The van der Waals surface area contributed by atoms with Gasteiger partial charge in [0, 0.05) is 0 Å². The maximum Gasteiger partial charge on any atom is 0.411 e. The zero-order valence-corrected chi connectivity index (χ0v) is 21.5. The number of ether oxygens (including phenoxy) is 1. The van der Waals surface area contributed by atoms with Gasteiger partial charge in [0.25, 0.3) is 0 Å². The van der Waals surface area contributed by atoms with Crippen LogP contribution in [-0.4, -0.2) is 49.9 Å². The van der Waals surface area contributed by atoms with Gasteiger partial charge in [-0.05, 0) is 70.8 Å². The Morgan fingerprint density at radius 2 is 1.62 bits per heavy atom. The molecule has 0 unspecified atom stereocenters. The minimum absolute atomic E-state index is 0.0396. The predicted molar refractivity (Wildman–Crippen MR) is 124 cm³/mol. The quantitative estimate of drug-likeness (QED) is 0.254. The largest absolute Gasteiger partial charge is 0.444 e. The molecule has 0 aliphatic carbocycles. The smallest absolute Gasteiger partial charge is 0.411 e. The number of nitrogens with zero attached hydrogens (tertiary/aromatic N) is 1. The third-order valence-corrected chi connectivity index (χ3v) is 9.80. The van der Waals surface area contributed by atoms with Gasteiger partial charge in [0.2, 0.25) is 0 Å². The highest BCUT2D eigenvalue weighted by atomic mass is 28.4. The summed E-state index contributed by atoms with van der Waals surface area (Å²) in [6.07, 6.45) is 5.46. The molecule has 0 heterocycles. The molecule has 168 valence electrons. The highest BCUT2D eigenvalue weighted by molar-refractivity contribution is 6.74. The molecule has 0 bridgehead atoms. The van der Waals surface area contributed by atoms with Crippen LogP contribution in [0.15, 0.2) is 23.8 Å². The van der Waals surface area contributed by atoms with Crippen LogP contribution in [0.5, 0.6) is 0 Å². The van der Waals surface area contributed by atoms with E-state index in [9.17, 15) is 9.59 Å². The standard InChI is InChI=1S/C23H43NO4Si/c1-12-15-19(25)16-24(21(26)28-22(4,5)6)20(18(13-2)14-3)17-27-29(10,11)23(7,8)9/h12-13,15,20H,14,16-17H2,1-11H3/t20-/m1/s1. The average molecular weight is 426 g/mol. The number of hydrogen-bond acceptors (Lipinski definition) is 4. The van der Waals surface area contributed by atoms with Gasteiger partial charge in [-0.25, -0.2) is 4.79 Å². The molecule has 0 rings (SSSR count). The van der Waals surface area contributed by atoms with E-state index in [1.165, 1.54) is 11.0 Å². The summed E-state index contributed by atoms with van der Waals surface area (Å²) >= 11 is 0. The highest BCUT2D eigenvalue weighted by Gasteiger charge is 2.39. The van der Waals surface area contributed by atoms with Crippen molar-refractivity contribution in [3.05, 3.63) is 23.8 Å². The molecular formula is C23H43NO4Si. The summed E-state index contributed by atoms with van der Waals surface area (Å²) in [4.78, 5) is 27.0. The van der Waals surface area contributed by atoms with Crippen LogP contribution in [0.2, 0.25) is 18.1 Å². The Morgan fingerprint density at radius 3 is 2.00 bits per heavy atom. The second-order valence-corrected chi connectivity index (χ2v) is 14.7. The van der Waals surface area contributed by atoms with Gasteiger partial charge in [-0.2, -0.15) is 0 Å². The number of allylic oxidation sites excluding steroid dienone is 2. The molecule has 0 fully saturated rings. The lowest BCUT2D eigenvalue weighted by Gasteiger charge is -2.40. The van der Waals surface area contributed by atoms with Crippen LogP contribution in [0, 0.1) is 0 Å². The van der Waals surface area contributed by atoms with Crippen molar-refractivity contribution in [2.24, 2.45) is 0 Å². The lowest BCUT2D eigenvalue weighted by Crippen LogP contribution is -2.51. The molecule has 0 aromatic carbocycles. The number of carbonyl (C=O) groups excluding carboxylic acids is 2. The zero-order chi connectivity index (χ0) is 23.0. The summed E-state index contributed by atoms with van der Waals surface area (Å²) in [5.74, 6) is -0.137. The second-order valence-electron chi connectivity index (χ2n) is 9.88. The SMILES string of the molecule is CC=CC(=O)CN(C(=O)OC(C)(C)C)[C@H](CO[Si](C)(C)C(C)(C)C)C(=CC)CC. The van der Waals surface area contributed by atoms with E-state index in [0.29, 0.717) is 6.61 Å². The zero-order valence-electron chi connectivity index (χ0n) is 20.5. The average Bonchev–Trinajstić information content (AvgIpc) is 2.54. The van der Waals surface area contributed by atoms with E-state index in [1.807, 2.05) is 33.8 Å². The van der Waals surface area contributed by atoms with Crippen LogP contribution in [0.3, 0.4) is 0 Å². The normalized spacial score (nSPS) is 14.8. The number of amides is 1. The Balaban J connectivity index is 6.00. The monoisotopic (exact) mass is 425 g/mol. The fourth-order valence-corrected chi connectivity index (χ4v) is 3.57. The molecule has 29 heavy (non-hydrogen) atoms. The van der Waals surface area contributed by atoms with Crippen molar-refractivity contribution in [3.63, 3.8) is 0 Å². The minimum Gasteiger partial charge on any atom is -0.444 e. The van der Waals surface area contributed by atoms with Crippen LogP contribution in [0.25, 0.3) is 0 Å². The van der Waals surface area contributed by atoms with E-state index in [2.05, 4.69) is 40.8 Å². The molecule has 0 aromatic rings. The first-order valence-corrected chi connectivity index (χ1v) is 13.4. The summed E-state index contributed by atoms with van der Waals surface area (Å²) in [5, 5.41) is 0.0529. The molecule has 0 aliphatic rings. The lowest BCUT2D eigenvalue weighted by atomic mass is 10.0. The molecule has 0 aliphatic heterocycles. The van der Waals surface area contributed by atoms with Gasteiger partial charge in [0.1, 0.15) is 5.60 Å². The fourth-order valence-electron chi connectivity index (χ4n) is 2.56. The van der Waals surface area contributed by atoms with Gasteiger partial charge >= 0.3 is 6.09 Å². The molecule has 0 aromatic heterocycles. The third-order valence-electron chi connectivity index (χ3n) is 5.30. The van der Waals surface area contributed by atoms with Crippen molar-refractivity contribution in [2.75, 3.05) is 13.2 Å². The van der Waals surface area contributed by atoms with Crippen molar-refractivity contribution in [3.8, 4) is 0 Å². The number of rotatable bonds is 9. The molecular weight excluding hydrogens is 382 g/mol. The van der Waals surface area contributed by atoms with Crippen LogP contribution >= 0.6 is 0 Å². The fraction of sp³-hybridized carbons (Fsp3) is 0.739. The molecule has 6 heteroatoms.